The summed E-state index contributed by atoms with van der Waals surface area (Å²) < 4.78 is 0. The van der Waals surface area contributed by atoms with E-state index in [2.05, 4.69) is 0 Å². The van der Waals surface area contributed by atoms with Gasteiger partial charge in [0.15, 0.2) is 0 Å². The molecule has 0 heterocycles. The van der Waals surface area contributed by atoms with Crippen molar-refractivity contribution in [2.45, 2.75) is 39.2 Å². The van der Waals surface area contributed by atoms with Crippen LogP contribution in [0.2, 0.25) is 0 Å². The second-order valence-corrected chi connectivity index (χ2v) is 3.83. The van der Waals surface area contributed by atoms with Crippen LogP contribution in [0.25, 0.3) is 0 Å². The fraction of sp³-hybridized carbons (Fsp3) is 0.900. The lowest BCUT2D eigenvalue weighted by atomic mass is 10.2. The molecule has 3 heteroatoms. The molecule has 0 spiro atoms. The van der Waals surface area contributed by atoms with Gasteiger partial charge in [-0.15, -0.1) is 0 Å². The van der Waals surface area contributed by atoms with Gasteiger partial charge >= 0.3 is 0 Å². The van der Waals surface area contributed by atoms with Crippen molar-refractivity contribution < 1.29 is 4.79 Å². The molecule has 1 amide bonds. The monoisotopic (exact) mass is 184 g/mol. The zero-order valence-electron chi connectivity index (χ0n) is 8.62. The van der Waals surface area contributed by atoms with Crippen molar-refractivity contribution in [2.24, 2.45) is 11.7 Å². The average Bonchev–Trinajstić information content (AvgIpc) is 2.95. The molecular weight excluding hydrogens is 164 g/mol. The van der Waals surface area contributed by atoms with Gasteiger partial charge in [-0.3, -0.25) is 4.79 Å². The molecule has 76 valence electrons. The minimum absolute atomic E-state index is 0.122. The first-order valence-corrected chi connectivity index (χ1v) is 5.23. The minimum Gasteiger partial charge on any atom is -0.341 e. The van der Waals surface area contributed by atoms with E-state index in [9.17, 15) is 4.79 Å². The number of likely N-dealkylation sites (N-methyl/N-ethyl adjacent to an activating group) is 1. The molecule has 0 aromatic rings. The van der Waals surface area contributed by atoms with Gasteiger partial charge in [0.1, 0.15) is 0 Å². The van der Waals surface area contributed by atoms with Gasteiger partial charge in [-0.25, -0.2) is 0 Å². The summed E-state index contributed by atoms with van der Waals surface area (Å²) in [5, 5.41) is 0. The van der Waals surface area contributed by atoms with Crippen molar-refractivity contribution in [1.82, 2.24) is 4.90 Å². The van der Waals surface area contributed by atoms with Crippen molar-refractivity contribution in [2.75, 3.05) is 13.1 Å². The van der Waals surface area contributed by atoms with Crippen molar-refractivity contribution in [3.05, 3.63) is 0 Å². The fourth-order valence-corrected chi connectivity index (χ4v) is 1.40. The van der Waals surface area contributed by atoms with Gasteiger partial charge in [0, 0.05) is 13.1 Å². The summed E-state index contributed by atoms with van der Waals surface area (Å²) in [6.07, 6.45) is 3.30. The Bertz CT molecular complexity index is 178. The highest BCUT2D eigenvalue weighted by Gasteiger charge is 2.27. The lowest BCUT2D eigenvalue weighted by Crippen LogP contribution is -2.44. The predicted octanol–water partition coefficient (Wildman–Crippen LogP) is 0.982. The maximum absolute atomic E-state index is 11.7. The quantitative estimate of drug-likeness (QED) is 0.692. The molecule has 1 aliphatic carbocycles. The number of nitrogens with zero attached hydrogens (tertiary/aromatic N) is 1. The molecule has 1 atom stereocenters. The third-order valence-corrected chi connectivity index (χ3v) is 2.63. The van der Waals surface area contributed by atoms with E-state index in [1.165, 1.54) is 12.8 Å². The lowest BCUT2D eigenvalue weighted by molar-refractivity contribution is -0.132. The topological polar surface area (TPSA) is 46.3 Å². The molecule has 1 saturated carbocycles. The van der Waals surface area contributed by atoms with Crippen LogP contribution in [0.3, 0.4) is 0 Å². The van der Waals surface area contributed by atoms with E-state index >= 15 is 0 Å². The first kappa shape index (κ1) is 10.5. The molecule has 1 unspecified atom stereocenters. The van der Waals surface area contributed by atoms with Gasteiger partial charge in [0.25, 0.3) is 0 Å². The van der Waals surface area contributed by atoms with E-state index in [0.717, 1.165) is 25.4 Å². The van der Waals surface area contributed by atoms with Gasteiger partial charge in [-0.1, -0.05) is 6.92 Å². The van der Waals surface area contributed by atoms with Gasteiger partial charge < -0.3 is 10.6 Å². The predicted molar refractivity (Wildman–Crippen MR) is 53.2 cm³/mol. The van der Waals surface area contributed by atoms with Gasteiger partial charge in [0.05, 0.1) is 6.04 Å². The van der Waals surface area contributed by atoms with Crippen LogP contribution in [0, 0.1) is 5.92 Å². The van der Waals surface area contributed by atoms with E-state index in [1.54, 1.807) is 0 Å². The van der Waals surface area contributed by atoms with E-state index in [4.69, 9.17) is 5.73 Å². The van der Waals surface area contributed by atoms with Crippen molar-refractivity contribution in [1.29, 1.82) is 0 Å². The van der Waals surface area contributed by atoms with Crippen LogP contribution in [0.1, 0.15) is 33.1 Å². The maximum Gasteiger partial charge on any atom is 0.239 e. The summed E-state index contributed by atoms with van der Waals surface area (Å²) in [5.74, 6) is 0.879. The Morgan fingerprint density at radius 2 is 2.15 bits per heavy atom. The Morgan fingerprint density at radius 1 is 1.54 bits per heavy atom. The van der Waals surface area contributed by atoms with Gasteiger partial charge in [-0.2, -0.15) is 0 Å². The molecule has 1 fully saturated rings. The summed E-state index contributed by atoms with van der Waals surface area (Å²) >= 11 is 0. The summed E-state index contributed by atoms with van der Waals surface area (Å²) in [6, 6.07) is -0.293. The molecule has 0 radical (unpaired) electrons. The fourth-order valence-electron chi connectivity index (χ4n) is 1.40. The van der Waals surface area contributed by atoms with Crippen LogP contribution in [-0.2, 0) is 4.79 Å². The van der Waals surface area contributed by atoms with E-state index in [0.29, 0.717) is 0 Å². The molecule has 1 rings (SSSR count). The standard InChI is InChI=1S/C10H20N2O/c1-3-9(11)10(13)12(4-2)7-8-5-6-8/h8-9H,3-7,11H2,1-2H3. The Kier molecular flexibility index (Phi) is 3.72. The number of amides is 1. The summed E-state index contributed by atoms with van der Waals surface area (Å²) in [4.78, 5) is 13.6. The van der Waals surface area contributed by atoms with E-state index < -0.39 is 0 Å². The lowest BCUT2D eigenvalue weighted by Gasteiger charge is -2.23. The Morgan fingerprint density at radius 3 is 2.54 bits per heavy atom. The van der Waals surface area contributed by atoms with Crippen molar-refractivity contribution >= 4 is 5.91 Å². The molecule has 13 heavy (non-hydrogen) atoms. The number of hydrogen-bond donors (Lipinski definition) is 1. The second kappa shape index (κ2) is 4.61. The van der Waals surface area contributed by atoms with Crippen LogP contribution < -0.4 is 5.73 Å². The largest absolute Gasteiger partial charge is 0.341 e. The van der Waals surface area contributed by atoms with Gasteiger partial charge in [0.2, 0.25) is 5.91 Å². The third kappa shape index (κ3) is 2.99. The second-order valence-electron chi connectivity index (χ2n) is 3.83. The van der Waals surface area contributed by atoms with Gasteiger partial charge in [-0.05, 0) is 32.1 Å². The maximum atomic E-state index is 11.7. The summed E-state index contributed by atoms with van der Waals surface area (Å²) in [7, 11) is 0. The third-order valence-electron chi connectivity index (χ3n) is 2.63. The minimum atomic E-state index is -0.293. The molecule has 2 N–H and O–H groups in total. The van der Waals surface area contributed by atoms with E-state index in [1.807, 2.05) is 18.7 Å². The zero-order valence-corrected chi connectivity index (χ0v) is 8.62. The Balaban J connectivity index is 2.38. The van der Waals surface area contributed by atoms with E-state index in [-0.39, 0.29) is 11.9 Å². The van der Waals surface area contributed by atoms with Crippen LogP contribution in [0.5, 0.6) is 0 Å². The smallest absolute Gasteiger partial charge is 0.239 e. The summed E-state index contributed by atoms with van der Waals surface area (Å²) in [6.45, 7) is 5.68. The Hall–Kier alpha value is -0.570. The van der Waals surface area contributed by atoms with Crippen LogP contribution in [0.4, 0.5) is 0 Å². The molecule has 0 bridgehead atoms. The van der Waals surface area contributed by atoms with Crippen LogP contribution in [-0.4, -0.2) is 29.9 Å². The number of carbonyl (C=O) groups excluding carboxylic acids is 1. The number of hydrogen-bond acceptors (Lipinski definition) is 2. The summed E-state index contributed by atoms with van der Waals surface area (Å²) in [5.41, 5.74) is 5.70. The molecule has 0 aliphatic heterocycles. The highest BCUT2D eigenvalue weighted by molar-refractivity contribution is 5.81. The normalized spacial score (nSPS) is 18.4. The average molecular weight is 184 g/mol. The molecule has 0 aromatic carbocycles. The van der Waals surface area contributed by atoms with Crippen molar-refractivity contribution in [3.8, 4) is 0 Å². The molecule has 1 aliphatic rings. The zero-order chi connectivity index (χ0) is 9.84. The molecule has 0 aromatic heterocycles. The first-order chi connectivity index (χ1) is 6.19. The first-order valence-electron chi connectivity index (χ1n) is 5.23. The SMILES string of the molecule is CCC(N)C(=O)N(CC)CC1CC1. The highest BCUT2D eigenvalue weighted by atomic mass is 16.2. The molecular formula is C10H20N2O. The molecule has 0 saturated heterocycles. The Labute approximate surface area is 80.3 Å². The molecule has 3 nitrogen and oxygen atoms in total. The number of rotatable bonds is 5. The number of nitrogens with two attached hydrogens (primary N) is 1. The van der Waals surface area contributed by atoms with Crippen LogP contribution in [0.15, 0.2) is 0 Å². The van der Waals surface area contributed by atoms with Crippen molar-refractivity contribution in [3.63, 3.8) is 0 Å². The highest BCUT2D eigenvalue weighted by Crippen LogP contribution is 2.29. The number of carbonyl (C=O) groups is 1. The van der Waals surface area contributed by atoms with Crippen LogP contribution >= 0.6 is 0 Å².